The minimum absolute atomic E-state index is 0.0240. The van der Waals surface area contributed by atoms with Crippen LogP contribution in [0, 0.1) is 5.92 Å². The summed E-state index contributed by atoms with van der Waals surface area (Å²) in [6, 6.07) is -0.592. The Morgan fingerprint density at radius 2 is 2.00 bits per heavy atom. The van der Waals surface area contributed by atoms with Crippen LogP contribution in [0.5, 0.6) is 0 Å². The molecule has 0 aromatic carbocycles. The SMILES string of the molecule is CCC1C(=O)NC(CC(C)C)C(=O)N1C1(C)CC1. The van der Waals surface area contributed by atoms with E-state index in [-0.39, 0.29) is 29.4 Å². The Morgan fingerprint density at radius 3 is 2.44 bits per heavy atom. The monoisotopic (exact) mass is 252 g/mol. The van der Waals surface area contributed by atoms with Gasteiger partial charge in [-0.05, 0) is 38.5 Å². The van der Waals surface area contributed by atoms with Crippen LogP contribution in [0.15, 0.2) is 0 Å². The molecule has 18 heavy (non-hydrogen) atoms. The van der Waals surface area contributed by atoms with Crippen molar-refractivity contribution in [1.29, 1.82) is 0 Å². The maximum absolute atomic E-state index is 12.6. The van der Waals surface area contributed by atoms with Crippen LogP contribution in [0.2, 0.25) is 0 Å². The molecule has 1 heterocycles. The van der Waals surface area contributed by atoms with E-state index >= 15 is 0 Å². The minimum atomic E-state index is -0.322. The number of nitrogens with zero attached hydrogens (tertiary/aromatic N) is 1. The highest BCUT2D eigenvalue weighted by Gasteiger charge is 2.53. The van der Waals surface area contributed by atoms with Crippen LogP contribution >= 0.6 is 0 Å². The Balaban J connectivity index is 2.22. The molecule has 4 heteroatoms. The van der Waals surface area contributed by atoms with E-state index in [1.807, 2.05) is 11.8 Å². The van der Waals surface area contributed by atoms with Crippen molar-refractivity contribution in [2.45, 2.75) is 71.0 Å². The molecule has 4 nitrogen and oxygen atoms in total. The molecule has 1 N–H and O–H groups in total. The van der Waals surface area contributed by atoms with Crippen molar-refractivity contribution >= 4 is 11.8 Å². The van der Waals surface area contributed by atoms with Crippen molar-refractivity contribution in [3.8, 4) is 0 Å². The zero-order valence-electron chi connectivity index (χ0n) is 11.8. The van der Waals surface area contributed by atoms with Gasteiger partial charge in [-0.3, -0.25) is 9.59 Å². The van der Waals surface area contributed by atoms with E-state index in [4.69, 9.17) is 0 Å². The van der Waals surface area contributed by atoms with Crippen molar-refractivity contribution in [1.82, 2.24) is 10.2 Å². The van der Waals surface area contributed by atoms with Crippen LogP contribution in [0.25, 0.3) is 0 Å². The summed E-state index contributed by atoms with van der Waals surface area (Å²) in [6.07, 6.45) is 3.48. The first kappa shape index (κ1) is 13.4. The van der Waals surface area contributed by atoms with Gasteiger partial charge in [0.05, 0.1) is 0 Å². The van der Waals surface area contributed by atoms with E-state index in [0.717, 1.165) is 19.3 Å². The predicted molar refractivity (Wildman–Crippen MR) is 69.9 cm³/mol. The van der Waals surface area contributed by atoms with Crippen LogP contribution in [0.1, 0.15) is 53.4 Å². The molecule has 2 amide bonds. The van der Waals surface area contributed by atoms with Crippen LogP contribution < -0.4 is 5.32 Å². The second-order valence-corrected chi connectivity index (χ2v) is 6.32. The molecule has 0 bridgehead atoms. The van der Waals surface area contributed by atoms with E-state index < -0.39 is 0 Å². The third kappa shape index (κ3) is 2.25. The molecule has 2 unspecified atom stereocenters. The number of amides is 2. The molecule has 102 valence electrons. The fraction of sp³-hybridized carbons (Fsp3) is 0.857. The van der Waals surface area contributed by atoms with Crippen molar-refractivity contribution in [3.05, 3.63) is 0 Å². The van der Waals surface area contributed by atoms with Gasteiger partial charge < -0.3 is 10.2 Å². The van der Waals surface area contributed by atoms with Crippen LogP contribution in [-0.2, 0) is 9.59 Å². The van der Waals surface area contributed by atoms with Gasteiger partial charge >= 0.3 is 0 Å². The highest BCUT2D eigenvalue weighted by molar-refractivity contribution is 5.97. The normalized spacial score (nSPS) is 30.6. The van der Waals surface area contributed by atoms with Gasteiger partial charge in [0.25, 0.3) is 0 Å². The van der Waals surface area contributed by atoms with Crippen LogP contribution in [-0.4, -0.2) is 34.3 Å². The van der Waals surface area contributed by atoms with Crippen LogP contribution in [0.4, 0.5) is 0 Å². The highest BCUT2D eigenvalue weighted by atomic mass is 16.2. The summed E-state index contributed by atoms with van der Waals surface area (Å²) in [5.74, 6) is 0.553. The van der Waals surface area contributed by atoms with Gasteiger partial charge in [0.2, 0.25) is 11.8 Å². The number of piperazine rings is 1. The first-order chi connectivity index (χ1) is 8.39. The average Bonchev–Trinajstić information content (AvgIpc) is 3.01. The molecule has 2 rings (SSSR count). The Labute approximate surface area is 109 Å². The Bertz CT molecular complexity index is 361. The molecular formula is C14H24N2O2. The number of hydrogen-bond acceptors (Lipinski definition) is 2. The van der Waals surface area contributed by atoms with Gasteiger partial charge in [-0.1, -0.05) is 20.8 Å². The molecule has 2 aliphatic rings. The molecule has 2 fully saturated rings. The lowest BCUT2D eigenvalue weighted by atomic mass is 9.96. The largest absolute Gasteiger partial charge is 0.342 e. The molecular weight excluding hydrogens is 228 g/mol. The summed E-state index contributed by atoms with van der Waals surface area (Å²) in [7, 11) is 0. The van der Waals surface area contributed by atoms with E-state index in [2.05, 4.69) is 26.1 Å². The molecule has 2 atom stereocenters. The van der Waals surface area contributed by atoms with Gasteiger partial charge in [-0.2, -0.15) is 0 Å². The second kappa shape index (κ2) is 4.56. The Morgan fingerprint density at radius 1 is 1.39 bits per heavy atom. The van der Waals surface area contributed by atoms with Crippen molar-refractivity contribution in [3.63, 3.8) is 0 Å². The Kier molecular flexibility index (Phi) is 3.39. The first-order valence-corrected chi connectivity index (χ1v) is 7.02. The van der Waals surface area contributed by atoms with Crippen LogP contribution in [0.3, 0.4) is 0 Å². The molecule has 1 aliphatic heterocycles. The highest BCUT2D eigenvalue weighted by Crippen LogP contribution is 2.44. The lowest BCUT2D eigenvalue weighted by Crippen LogP contribution is -2.66. The van der Waals surface area contributed by atoms with Gasteiger partial charge in [0.1, 0.15) is 12.1 Å². The summed E-state index contributed by atoms with van der Waals surface area (Å²) in [6.45, 7) is 8.22. The molecule has 0 aromatic heterocycles. The van der Waals surface area contributed by atoms with E-state index in [1.165, 1.54) is 0 Å². The van der Waals surface area contributed by atoms with E-state index in [0.29, 0.717) is 12.3 Å². The number of nitrogens with one attached hydrogen (secondary N) is 1. The summed E-state index contributed by atoms with van der Waals surface area (Å²) in [5, 5.41) is 2.90. The fourth-order valence-electron chi connectivity index (χ4n) is 2.83. The molecule has 0 radical (unpaired) electrons. The minimum Gasteiger partial charge on any atom is -0.342 e. The van der Waals surface area contributed by atoms with E-state index in [1.54, 1.807) is 0 Å². The predicted octanol–water partition coefficient (Wildman–Crippen LogP) is 1.69. The quantitative estimate of drug-likeness (QED) is 0.827. The molecule has 1 saturated carbocycles. The molecule has 1 saturated heterocycles. The zero-order chi connectivity index (χ0) is 13.5. The summed E-state index contributed by atoms with van der Waals surface area (Å²) in [5.41, 5.74) is -0.0647. The number of rotatable bonds is 4. The standard InChI is InChI=1S/C14H24N2O2/c1-5-11-12(17)15-10(8-9(2)3)13(18)16(11)14(4)6-7-14/h9-11H,5-8H2,1-4H3,(H,15,17). The smallest absolute Gasteiger partial charge is 0.246 e. The summed E-state index contributed by atoms with van der Waals surface area (Å²) >= 11 is 0. The maximum Gasteiger partial charge on any atom is 0.246 e. The van der Waals surface area contributed by atoms with Gasteiger partial charge in [0.15, 0.2) is 0 Å². The lowest BCUT2D eigenvalue weighted by molar-refractivity contribution is -0.153. The molecule has 0 spiro atoms. The number of hydrogen-bond donors (Lipinski definition) is 1. The lowest BCUT2D eigenvalue weighted by Gasteiger charge is -2.43. The third-order valence-electron chi connectivity index (χ3n) is 4.12. The summed E-state index contributed by atoms with van der Waals surface area (Å²) < 4.78 is 0. The second-order valence-electron chi connectivity index (χ2n) is 6.32. The van der Waals surface area contributed by atoms with Crippen molar-refractivity contribution < 1.29 is 9.59 Å². The topological polar surface area (TPSA) is 49.4 Å². The van der Waals surface area contributed by atoms with Crippen molar-refractivity contribution in [2.24, 2.45) is 5.92 Å². The van der Waals surface area contributed by atoms with Crippen molar-refractivity contribution in [2.75, 3.05) is 0 Å². The summed E-state index contributed by atoms with van der Waals surface area (Å²) in [4.78, 5) is 26.6. The molecule has 1 aliphatic carbocycles. The van der Waals surface area contributed by atoms with Gasteiger partial charge in [0, 0.05) is 5.54 Å². The Hall–Kier alpha value is -1.06. The number of carbonyl (C=O) groups is 2. The maximum atomic E-state index is 12.6. The average molecular weight is 252 g/mol. The zero-order valence-corrected chi connectivity index (χ0v) is 11.8. The number of carbonyl (C=O) groups excluding carboxylic acids is 2. The third-order valence-corrected chi connectivity index (χ3v) is 4.12. The van der Waals surface area contributed by atoms with Gasteiger partial charge in [-0.15, -0.1) is 0 Å². The fourth-order valence-corrected chi connectivity index (χ4v) is 2.83. The van der Waals surface area contributed by atoms with E-state index in [9.17, 15) is 9.59 Å². The molecule has 0 aromatic rings. The van der Waals surface area contributed by atoms with Gasteiger partial charge in [-0.25, -0.2) is 0 Å². The first-order valence-electron chi connectivity index (χ1n) is 7.02.